The van der Waals surface area contributed by atoms with E-state index in [1.165, 1.54) is 167 Å². The highest BCUT2D eigenvalue weighted by molar-refractivity contribution is 5.76. The van der Waals surface area contributed by atoms with Crippen LogP contribution in [0.15, 0.2) is 24.3 Å². The van der Waals surface area contributed by atoms with Crippen LogP contribution in [0.2, 0.25) is 0 Å². The van der Waals surface area contributed by atoms with Crippen LogP contribution in [0.5, 0.6) is 0 Å². The molecule has 0 bridgehead atoms. The minimum absolute atomic E-state index is 0.147. The van der Waals surface area contributed by atoms with Crippen LogP contribution < -0.4 is 5.32 Å². The molecular formula is C45H87NO4. The molecule has 0 aliphatic rings. The molecule has 0 saturated carbocycles. The Morgan fingerprint density at radius 3 is 1.26 bits per heavy atom. The Balaban J connectivity index is 3.62. The molecule has 0 spiro atoms. The summed E-state index contributed by atoms with van der Waals surface area (Å²) in [5.41, 5.74) is 0. The van der Waals surface area contributed by atoms with Crippen LogP contribution >= 0.6 is 0 Å². The van der Waals surface area contributed by atoms with Gasteiger partial charge in [0, 0.05) is 6.42 Å². The van der Waals surface area contributed by atoms with Gasteiger partial charge in [-0.3, -0.25) is 4.79 Å². The molecule has 50 heavy (non-hydrogen) atoms. The Bertz CT molecular complexity index is 739. The van der Waals surface area contributed by atoms with Crippen LogP contribution in [-0.2, 0) is 4.79 Å². The van der Waals surface area contributed by atoms with E-state index in [4.69, 9.17) is 0 Å². The highest BCUT2D eigenvalue weighted by Crippen LogP contribution is 2.16. The van der Waals surface area contributed by atoms with E-state index >= 15 is 0 Å². The van der Waals surface area contributed by atoms with Gasteiger partial charge in [0.1, 0.15) is 6.10 Å². The first kappa shape index (κ1) is 48.8. The molecule has 5 heteroatoms. The van der Waals surface area contributed by atoms with Gasteiger partial charge in [-0.1, -0.05) is 212 Å². The highest BCUT2D eigenvalue weighted by Gasteiger charge is 2.26. The zero-order valence-electron chi connectivity index (χ0n) is 33.5. The molecule has 0 saturated heterocycles. The summed E-state index contributed by atoms with van der Waals surface area (Å²) in [6.07, 6.45) is 48.5. The monoisotopic (exact) mass is 706 g/mol. The van der Waals surface area contributed by atoms with Gasteiger partial charge in [0.15, 0.2) is 0 Å². The number of unbranched alkanes of at least 4 members (excludes halogenated alkanes) is 29. The first-order valence-electron chi connectivity index (χ1n) is 22.1. The van der Waals surface area contributed by atoms with Gasteiger partial charge in [0.05, 0.1) is 18.8 Å². The molecule has 4 N–H and O–H groups in total. The lowest BCUT2D eigenvalue weighted by Crippen LogP contribution is -2.50. The van der Waals surface area contributed by atoms with E-state index in [-0.39, 0.29) is 12.5 Å². The largest absolute Gasteiger partial charge is 0.394 e. The van der Waals surface area contributed by atoms with E-state index < -0.39 is 18.2 Å². The molecule has 1 amide bonds. The summed E-state index contributed by atoms with van der Waals surface area (Å²) >= 11 is 0. The topological polar surface area (TPSA) is 89.8 Å². The Morgan fingerprint density at radius 2 is 0.840 bits per heavy atom. The fraction of sp³-hybridized carbons (Fsp3) is 0.889. The molecule has 5 nitrogen and oxygen atoms in total. The van der Waals surface area contributed by atoms with Crippen molar-refractivity contribution in [2.45, 2.75) is 250 Å². The Hall–Kier alpha value is -1.17. The van der Waals surface area contributed by atoms with Crippen molar-refractivity contribution in [2.75, 3.05) is 6.61 Å². The first-order valence-corrected chi connectivity index (χ1v) is 22.1. The smallest absolute Gasteiger partial charge is 0.220 e. The third-order valence-electron chi connectivity index (χ3n) is 10.3. The predicted molar refractivity (Wildman–Crippen MR) is 218 cm³/mol. The van der Waals surface area contributed by atoms with Crippen LogP contribution in [0.1, 0.15) is 232 Å². The summed E-state index contributed by atoms with van der Waals surface area (Å²) in [6.45, 7) is 4.16. The quantitative estimate of drug-likeness (QED) is 0.0377. The summed E-state index contributed by atoms with van der Waals surface area (Å²) < 4.78 is 0. The highest BCUT2D eigenvalue weighted by atomic mass is 16.3. The average Bonchev–Trinajstić information content (AvgIpc) is 3.12. The second-order valence-electron chi connectivity index (χ2n) is 15.3. The predicted octanol–water partition coefficient (Wildman–Crippen LogP) is 12.6. The van der Waals surface area contributed by atoms with Gasteiger partial charge in [0.25, 0.3) is 0 Å². The van der Waals surface area contributed by atoms with Gasteiger partial charge in [-0.2, -0.15) is 0 Å². The maximum Gasteiger partial charge on any atom is 0.220 e. The van der Waals surface area contributed by atoms with Gasteiger partial charge in [-0.15, -0.1) is 0 Å². The fourth-order valence-corrected chi connectivity index (χ4v) is 6.86. The van der Waals surface area contributed by atoms with Crippen LogP contribution in [0.3, 0.4) is 0 Å². The van der Waals surface area contributed by atoms with Crippen molar-refractivity contribution in [2.24, 2.45) is 0 Å². The fourth-order valence-electron chi connectivity index (χ4n) is 6.86. The number of amides is 1. The van der Waals surface area contributed by atoms with Crippen LogP contribution in [-0.4, -0.2) is 46.1 Å². The van der Waals surface area contributed by atoms with E-state index in [0.717, 1.165) is 38.5 Å². The molecule has 296 valence electrons. The van der Waals surface area contributed by atoms with Gasteiger partial charge >= 0.3 is 0 Å². The van der Waals surface area contributed by atoms with Crippen LogP contribution in [0.4, 0.5) is 0 Å². The zero-order valence-corrected chi connectivity index (χ0v) is 33.5. The third kappa shape index (κ3) is 35.2. The summed E-state index contributed by atoms with van der Waals surface area (Å²) in [4.78, 5) is 12.4. The van der Waals surface area contributed by atoms with Crippen molar-refractivity contribution in [3.05, 3.63) is 24.3 Å². The number of carbonyl (C=O) groups is 1. The maximum absolute atomic E-state index is 12.4. The molecule has 0 aromatic heterocycles. The molecule has 3 unspecified atom stereocenters. The van der Waals surface area contributed by atoms with Crippen molar-refractivity contribution >= 4 is 5.91 Å². The van der Waals surface area contributed by atoms with Crippen molar-refractivity contribution in [3.63, 3.8) is 0 Å². The summed E-state index contributed by atoms with van der Waals surface area (Å²) in [5.74, 6) is -0.147. The standard InChI is InChI=1S/C45H87NO4/c1-3-5-7-9-11-13-15-17-19-21-22-24-26-28-30-32-34-36-38-40-44(49)46-42(41-47)45(50)43(48)39-37-35-33-31-29-27-25-23-20-18-16-14-12-10-8-6-4-2/h11,13,15,17,42-43,45,47-48,50H,3-10,12,14,16,18-41H2,1-2H3,(H,46,49)/b13-11-,17-15-. The molecule has 0 radical (unpaired) electrons. The normalized spacial score (nSPS) is 13.8. The van der Waals surface area contributed by atoms with E-state index in [9.17, 15) is 20.1 Å². The molecule has 0 fully saturated rings. The number of aliphatic hydroxyl groups is 3. The minimum Gasteiger partial charge on any atom is -0.394 e. The number of hydrogen-bond donors (Lipinski definition) is 4. The van der Waals surface area contributed by atoms with E-state index in [1.807, 2.05) is 0 Å². The summed E-state index contributed by atoms with van der Waals surface area (Å²) in [6, 6.07) is -0.809. The second-order valence-corrected chi connectivity index (χ2v) is 15.3. The number of rotatable bonds is 40. The Labute approximate surface area is 312 Å². The zero-order chi connectivity index (χ0) is 36.6. The number of nitrogens with one attached hydrogen (secondary N) is 1. The molecule has 0 aromatic rings. The van der Waals surface area contributed by atoms with Crippen molar-refractivity contribution in [1.82, 2.24) is 5.32 Å². The SMILES string of the molecule is CCCCC/C=C\C=C/CCCCCCCCCCCCC(=O)NC(CO)C(O)C(O)CCCCCCCCCCCCCCCCCCC. The molecule has 0 rings (SSSR count). The van der Waals surface area contributed by atoms with Gasteiger partial charge in [-0.05, 0) is 38.5 Å². The van der Waals surface area contributed by atoms with E-state index in [1.54, 1.807) is 0 Å². The molecule has 3 atom stereocenters. The average molecular weight is 706 g/mol. The molecule has 0 heterocycles. The van der Waals surface area contributed by atoms with Gasteiger partial charge in [0.2, 0.25) is 5.91 Å². The number of allylic oxidation sites excluding steroid dienone is 4. The van der Waals surface area contributed by atoms with Crippen molar-refractivity contribution < 1.29 is 20.1 Å². The number of aliphatic hydroxyl groups excluding tert-OH is 3. The maximum atomic E-state index is 12.4. The van der Waals surface area contributed by atoms with Crippen molar-refractivity contribution in [1.29, 1.82) is 0 Å². The molecule has 0 aliphatic heterocycles. The first-order chi connectivity index (χ1) is 24.6. The third-order valence-corrected chi connectivity index (χ3v) is 10.3. The van der Waals surface area contributed by atoms with E-state index in [2.05, 4.69) is 43.5 Å². The van der Waals surface area contributed by atoms with Crippen LogP contribution in [0.25, 0.3) is 0 Å². The molecular weight excluding hydrogens is 618 g/mol. The molecule has 0 aromatic carbocycles. The second kappa shape index (κ2) is 40.6. The minimum atomic E-state index is -1.14. The molecule has 0 aliphatic carbocycles. The number of hydrogen-bond acceptors (Lipinski definition) is 4. The van der Waals surface area contributed by atoms with E-state index in [0.29, 0.717) is 12.8 Å². The Kier molecular flexibility index (Phi) is 39.6. The van der Waals surface area contributed by atoms with Gasteiger partial charge < -0.3 is 20.6 Å². The lowest BCUT2D eigenvalue weighted by molar-refractivity contribution is -0.124. The van der Waals surface area contributed by atoms with Gasteiger partial charge in [-0.25, -0.2) is 0 Å². The Morgan fingerprint density at radius 1 is 0.500 bits per heavy atom. The lowest BCUT2D eigenvalue weighted by Gasteiger charge is -2.26. The summed E-state index contributed by atoms with van der Waals surface area (Å²) in [5, 5.41) is 33.6. The van der Waals surface area contributed by atoms with Crippen LogP contribution in [0, 0.1) is 0 Å². The summed E-state index contributed by atoms with van der Waals surface area (Å²) in [7, 11) is 0. The lowest BCUT2D eigenvalue weighted by atomic mass is 9.99. The van der Waals surface area contributed by atoms with Crippen molar-refractivity contribution in [3.8, 4) is 0 Å². The number of carbonyl (C=O) groups excluding carboxylic acids is 1.